The second-order valence-electron chi connectivity index (χ2n) is 5.63. The normalized spacial score (nSPS) is 11.0. The highest BCUT2D eigenvalue weighted by Crippen LogP contribution is 2.24. The summed E-state index contributed by atoms with van der Waals surface area (Å²) in [5, 5.41) is 14.3. The van der Waals surface area contributed by atoms with Crippen LogP contribution in [0.15, 0.2) is 47.1 Å². The molecule has 0 saturated carbocycles. The van der Waals surface area contributed by atoms with Crippen molar-refractivity contribution in [3.05, 3.63) is 70.0 Å². The van der Waals surface area contributed by atoms with Crippen LogP contribution in [-0.2, 0) is 0 Å². The van der Waals surface area contributed by atoms with Gasteiger partial charge in [-0.3, -0.25) is 9.89 Å². The molecule has 0 amide bonds. The second kappa shape index (κ2) is 6.34. The number of carbonyl (C=O) groups excluding carboxylic acids is 1. The molecule has 0 aliphatic heterocycles. The number of hydrogen-bond acceptors (Lipinski definition) is 5. The minimum atomic E-state index is -0.415. The van der Waals surface area contributed by atoms with E-state index in [1.165, 1.54) is 24.3 Å². The predicted molar refractivity (Wildman–Crippen MR) is 97.1 cm³/mol. The molecule has 0 bridgehead atoms. The number of benzene rings is 1. The van der Waals surface area contributed by atoms with Crippen LogP contribution in [0.1, 0.15) is 21.9 Å². The van der Waals surface area contributed by atoms with Crippen LogP contribution in [0.2, 0.25) is 0 Å². The van der Waals surface area contributed by atoms with E-state index in [0.717, 1.165) is 5.69 Å². The lowest BCUT2D eigenvalue weighted by Crippen LogP contribution is -2.13. The van der Waals surface area contributed by atoms with E-state index in [1.54, 1.807) is 10.6 Å². The average molecular weight is 415 g/mol. The Morgan fingerprint density at radius 1 is 1.23 bits per heavy atom. The lowest BCUT2D eigenvalue weighted by atomic mass is 10.1. The van der Waals surface area contributed by atoms with Crippen LogP contribution in [-0.4, -0.2) is 30.6 Å². The summed E-state index contributed by atoms with van der Waals surface area (Å²) in [5.74, 6) is 0.162. The van der Waals surface area contributed by atoms with Gasteiger partial charge < -0.3 is 5.32 Å². The largest absolute Gasteiger partial charge is 0.322 e. The van der Waals surface area contributed by atoms with E-state index in [9.17, 15) is 9.18 Å². The third-order valence-electron chi connectivity index (χ3n) is 3.73. The van der Waals surface area contributed by atoms with Crippen molar-refractivity contribution < 1.29 is 9.18 Å². The molecule has 0 spiro atoms. The van der Waals surface area contributed by atoms with Gasteiger partial charge in [0.1, 0.15) is 15.9 Å². The first-order chi connectivity index (χ1) is 12.5. The first-order valence-electron chi connectivity index (χ1n) is 7.66. The van der Waals surface area contributed by atoms with Gasteiger partial charge in [0.05, 0.1) is 0 Å². The molecule has 2 N–H and O–H groups in total. The Hall–Kier alpha value is -3.07. The number of rotatable bonds is 4. The van der Waals surface area contributed by atoms with Gasteiger partial charge in [0, 0.05) is 17.3 Å². The molecule has 3 heterocycles. The molecule has 0 aliphatic rings. The summed E-state index contributed by atoms with van der Waals surface area (Å²) in [4.78, 5) is 17.1. The lowest BCUT2D eigenvalue weighted by Gasteiger charge is -2.08. The van der Waals surface area contributed by atoms with Crippen molar-refractivity contribution >= 4 is 38.9 Å². The van der Waals surface area contributed by atoms with Gasteiger partial charge in [-0.1, -0.05) is 0 Å². The van der Waals surface area contributed by atoms with Crippen molar-refractivity contribution in [3.63, 3.8) is 0 Å². The van der Waals surface area contributed by atoms with Crippen molar-refractivity contribution in [2.75, 3.05) is 5.32 Å². The van der Waals surface area contributed by atoms with Crippen LogP contribution >= 0.6 is 15.9 Å². The van der Waals surface area contributed by atoms with Crippen LogP contribution in [0.25, 0.3) is 5.52 Å². The standard InChI is InChI=1S/C17H12BrFN6O/c1-9-8-14(23-22-9)20-16-12-6-7-13(18)25(12)24-17(21-16)15(26)10-2-4-11(19)5-3-10/h2-8H,1H3,(H2,20,21,22,23,24). The van der Waals surface area contributed by atoms with E-state index in [-0.39, 0.29) is 5.82 Å². The molecule has 0 atom stereocenters. The first-order valence-corrected chi connectivity index (χ1v) is 8.45. The number of nitrogens with one attached hydrogen (secondary N) is 2. The van der Waals surface area contributed by atoms with Crippen molar-refractivity contribution in [2.24, 2.45) is 0 Å². The molecular formula is C17H12BrFN6O. The molecular weight excluding hydrogens is 403 g/mol. The molecule has 7 nitrogen and oxygen atoms in total. The number of aryl methyl sites for hydroxylation is 1. The quantitative estimate of drug-likeness (QED) is 0.497. The van der Waals surface area contributed by atoms with Crippen LogP contribution in [0.5, 0.6) is 0 Å². The summed E-state index contributed by atoms with van der Waals surface area (Å²) >= 11 is 3.40. The van der Waals surface area contributed by atoms with Crippen LogP contribution in [0.4, 0.5) is 16.0 Å². The summed E-state index contributed by atoms with van der Waals surface area (Å²) in [6.45, 7) is 1.88. The fourth-order valence-corrected chi connectivity index (χ4v) is 2.89. The van der Waals surface area contributed by atoms with E-state index in [4.69, 9.17) is 0 Å². The van der Waals surface area contributed by atoms with Gasteiger partial charge in [-0.15, -0.1) is 5.10 Å². The Morgan fingerprint density at radius 2 is 2.00 bits per heavy atom. The minimum absolute atomic E-state index is 0.0178. The van der Waals surface area contributed by atoms with Crippen LogP contribution in [0, 0.1) is 12.7 Å². The van der Waals surface area contributed by atoms with Crippen LogP contribution in [0.3, 0.4) is 0 Å². The lowest BCUT2D eigenvalue weighted by molar-refractivity contribution is 0.102. The van der Waals surface area contributed by atoms with Crippen molar-refractivity contribution in [1.82, 2.24) is 24.8 Å². The SMILES string of the molecule is Cc1cc(Nc2nc(C(=O)c3ccc(F)cc3)nn3c(Br)ccc23)n[nH]1. The predicted octanol–water partition coefficient (Wildman–Crippen LogP) is 3.64. The highest BCUT2D eigenvalue weighted by molar-refractivity contribution is 9.10. The maximum absolute atomic E-state index is 13.1. The molecule has 0 radical (unpaired) electrons. The fraction of sp³-hybridized carbons (Fsp3) is 0.0588. The summed E-state index contributed by atoms with van der Waals surface area (Å²) in [6, 6.07) is 10.7. The highest BCUT2D eigenvalue weighted by Gasteiger charge is 2.18. The van der Waals surface area contributed by atoms with Gasteiger partial charge in [0.2, 0.25) is 11.6 Å². The monoisotopic (exact) mass is 414 g/mol. The summed E-state index contributed by atoms with van der Waals surface area (Å²) in [6.07, 6.45) is 0. The summed E-state index contributed by atoms with van der Waals surface area (Å²) in [7, 11) is 0. The smallest absolute Gasteiger partial charge is 0.232 e. The topological polar surface area (TPSA) is 88.0 Å². The Morgan fingerprint density at radius 3 is 2.69 bits per heavy atom. The molecule has 0 fully saturated rings. The highest BCUT2D eigenvalue weighted by atomic mass is 79.9. The number of halogens is 2. The Labute approximate surface area is 155 Å². The third-order valence-corrected chi connectivity index (χ3v) is 4.33. The molecule has 0 aliphatic carbocycles. The Bertz CT molecular complexity index is 1120. The zero-order valence-corrected chi connectivity index (χ0v) is 15.1. The number of H-pyrrole nitrogens is 1. The zero-order valence-electron chi connectivity index (χ0n) is 13.5. The number of aromatic nitrogens is 5. The maximum atomic E-state index is 13.1. The van der Waals surface area contributed by atoms with E-state index < -0.39 is 11.6 Å². The van der Waals surface area contributed by atoms with Gasteiger partial charge in [0.25, 0.3) is 0 Å². The van der Waals surface area contributed by atoms with E-state index in [0.29, 0.717) is 27.3 Å². The molecule has 0 saturated heterocycles. The molecule has 1 aromatic carbocycles. The van der Waals surface area contributed by atoms with Crippen LogP contribution < -0.4 is 5.32 Å². The first kappa shape index (κ1) is 16.4. The van der Waals surface area contributed by atoms with Gasteiger partial charge in [0.15, 0.2) is 11.6 Å². The minimum Gasteiger partial charge on any atom is -0.322 e. The second-order valence-corrected chi connectivity index (χ2v) is 6.45. The molecule has 0 unspecified atom stereocenters. The van der Waals surface area contributed by atoms with E-state index >= 15 is 0 Å². The summed E-state index contributed by atoms with van der Waals surface area (Å²) in [5.41, 5.74) is 1.86. The van der Waals surface area contributed by atoms with Crippen molar-refractivity contribution in [1.29, 1.82) is 0 Å². The number of hydrogen-bond donors (Lipinski definition) is 2. The molecule has 4 aromatic rings. The van der Waals surface area contributed by atoms with E-state index in [2.05, 4.69) is 41.5 Å². The molecule has 3 aromatic heterocycles. The van der Waals surface area contributed by atoms with E-state index in [1.807, 2.05) is 19.1 Å². The average Bonchev–Trinajstić information content (AvgIpc) is 3.21. The maximum Gasteiger partial charge on any atom is 0.232 e. The Kier molecular flexibility index (Phi) is 4.00. The van der Waals surface area contributed by atoms with Gasteiger partial charge >= 0.3 is 0 Å². The molecule has 130 valence electrons. The number of ketones is 1. The molecule has 9 heteroatoms. The number of nitrogens with zero attached hydrogens (tertiary/aromatic N) is 4. The van der Waals surface area contributed by atoms with Gasteiger partial charge in [-0.2, -0.15) is 5.10 Å². The zero-order chi connectivity index (χ0) is 18.3. The Balaban J connectivity index is 1.81. The fourth-order valence-electron chi connectivity index (χ4n) is 2.49. The number of carbonyl (C=O) groups is 1. The number of fused-ring (bicyclic) bond motifs is 1. The molecule has 26 heavy (non-hydrogen) atoms. The van der Waals surface area contributed by atoms with Crippen molar-refractivity contribution in [3.8, 4) is 0 Å². The number of anilines is 2. The summed E-state index contributed by atoms with van der Waals surface area (Å²) < 4.78 is 15.3. The van der Waals surface area contributed by atoms with Crippen molar-refractivity contribution in [2.45, 2.75) is 6.92 Å². The number of aromatic amines is 1. The van der Waals surface area contributed by atoms with Gasteiger partial charge in [-0.05, 0) is 59.3 Å². The third kappa shape index (κ3) is 2.97. The molecule has 4 rings (SSSR count). The van der Waals surface area contributed by atoms with Gasteiger partial charge in [-0.25, -0.2) is 13.9 Å².